The molecular weight excluding hydrogens is 327 g/mol. The molecule has 2 aromatic rings. The summed E-state index contributed by atoms with van der Waals surface area (Å²) in [6.07, 6.45) is -1.14. The van der Waals surface area contributed by atoms with Gasteiger partial charge in [0.2, 0.25) is 0 Å². The lowest BCUT2D eigenvalue weighted by Gasteiger charge is -2.14. The van der Waals surface area contributed by atoms with E-state index in [-0.39, 0.29) is 19.7 Å². The number of anilines is 1. The second-order valence-electron chi connectivity index (χ2n) is 5.55. The van der Waals surface area contributed by atoms with Crippen molar-refractivity contribution in [1.29, 1.82) is 0 Å². The maximum atomic E-state index is 14.5. The first-order valence-electron chi connectivity index (χ1n) is 7.61. The molecule has 7 nitrogen and oxygen atoms in total. The van der Waals surface area contributed by atoms with Crippen molar-refractivity contribution >= 4 is 11.8 Å². The average molecular weight is 342 g/mol. The van der Waals surface area contributed by atoms with Gasteiger partial charge in [-0.3, -0.25) is 4.90 Å². The predicted octanol–water partition coefficient (Wildman–Crippen LogP) is 3.62. The number of benzene rings is 2. The fourth-order valence-corrected chi connectivity index (χ4v) is 2.65. The van der Waals surface area contributed by atoms with Crippen molar-refractivity contribution in [3.05, 3.63) is 64.3 Å². The predicted molar refractivity (Wildman–Crippen MR) is 89.4 cm³/mol. The highest BCUT2D eigenvalue weighted by Crippen LogP contribution is 2.29. The fourth-order valence-electron chi connectivity index (χ4n) is 2.65. The minimum Gasteiger partial charge on any atom is -0.444 e. The molecule has 0 aliphatic carbocycles. The van der Waals surface area contributed by atoms with E-state index in [1.54, 1.807) is 36.4 Å². The van der Waals surface area contributed by atoms with Crippen LogP contribution in [0.15, 0.2) is 47.6 Å². The number of amides is 1. The van der Waals surface area contributed by atoms with E-state index in [4.69, 9.17) is 15.4 Å². The standard InChI is InChI=1S/C17H15FN4O3/c18-16-7-13(22-9-14(8-20-21-19)25-17(22)24)5-6-15(16)12-3-1-11(10-23)2-4-12/h1-7,14,23H,8-10H2/t14-/m0/s1. The summed E-state index contributed by atoms with van der Waals surface area (Å²) in [6, 6.07) is 11.4. The number of azide groups is 1. The Labute approximate surface area is 142 Å². The van der Waals surface area contributed by atoms with Crippen LogP contribution in [0.1, 0.15) is 5.56 Å². The van der Waals surface area contributed by atoms with Gasteiger partial charge in [-0.25, -0.2) is 9.18 Å². The van der Waals surface area contributed by atoms with E-state index >= 15 is 0 Å². The average Bonchev–Trinajstić information content (AvgIpc) is 3.00. The van der Waals surface area contributed by atoms with Crippen molar-refractivity contribution in [1.82, 2.24) is 0 Å². The van der Waals surface area contributed by atoms with Crippen LogP contribution >= 0.6 is 0 Å². The minimum absolute atomic E-state index is 0.0382. The summed E-state index contributed by atoms with van der Waals surface area (Å²) in [5.74, 6) is -0.472. The second kappa shape index (κ2) is 7.21. The molecule has 128 valence electrons. The van der Waals surface area contributed by atoms with Crippen LogP contribution in [0.3, 0.4) is 0 Å². The molecule has 8 heteroatoms. The van der Waals surface area contributed by atoms with Crippen LogP contribution in [-0.2, 0) is 11.3 Å². The molecule has 1 heterocycles. The number of ether oxygens (including phenoxy) is 1. The fraction of sp³-hybridized carbons (Fsp3) is 0.235. The Bertz CT molecular complexity index is 834. The normalized spacial score (nSPS) is 16.5. The third-order valence-corrected chi connectivity index (χ3v) is 3.93. The lowest BCUT2D eigenvalue weighted by molar-refractivity contribution is 0.145. The Hall–Kier alpha value is -3.09. The van der Waals surface area contributed by atoms with Gasteiger partial charge >= 0.3 is 6.09 Å². The van der Waals surface area contributed by atoms with Crippen LogP contribution < -0.4 is 4.90 Å². The molecule has 0 radical (unpaired) electrons. The molecule has 0 spiro atoms. The molecule has 3 rings (SSSR count). The molecule has 0 aromatic heterocycles. The van der Waals surface area contributed by atoms with Crippen LogP contribution in [0, 0.1) is 5.82 Å². The van der Waals surface area contributed by atoms with Gasteiger partial charge in [0.05, 0.1) is 25.4 Å². The van der Waals surface area contributed by atoms with Gasteiger partial charge in [-0.05, 0) is 34.9 Å². The zero-order valence-corrected chi connectivity index (χ0v) is 13.2. The Morgan fingerprint density at radius 1 is 1.32 bits per heavy atom. The molecule has 25 heavy (non-hydrogen) atoms. The maximum absolute atomic E-state index is 14.5. The number of carbonyl (C=O) groups is 1. The Morgan fingerprint density at radius 2 is 2.08 bits per heavy atom. The molecule has 1 atom stereocenters. The van der Waals surface area contributed by atoms with Crippen molar-refractivity contribution < 1.29 is 19.0 Å². The molecular formula is C17H15FN4O3. The molecule has 1 aliphatic rings. The molecule has 0 saturated carbocycles. The molecule has 1 N–H and O–H groups in total. The van der Waals surface area contributed by atoms with Crippen LogP contribution in [-0.4, -0.2) is 30.4 Å². The SMILES string of the molecule is [N-]=[N+]=NC[C@H]1CN(c2ccc(-c3ccc(CO)cc3)c(F)c2)C(=O)O1. The number of cyclic esters (lactones) is 1. The van der Waals surface area contributed by atoms with Crippen LogP contribution in [0.2, 0.25) is 0 Å². The van der Waals surface area contributed by atoms with Crippen molar-refractivity contribution in [3.63, 3.8) is 0 Å². The minimum atomic E-state index is -0.599. The van der Waals surface area contributed by atoms with Gasteiger partial charge in [-0.15, -0.1) is 0 Å². The number of aliphatic hydroxyl groups excluding tert-OH is 1. The highest BCUT2D eigenvalue weighted by Gasteiger charge is 2.32. The van der Waals surface area contributed by atoms with Gasteiger partial charge in [0, 0.05) is 10.5 Å². The molecule has 1 amide bonds. The summed E-state index contributed by atoms with van der Waals surface area (Å²) in [7, 11) is 0. The lowest BCUT2D eigenvalue weighted by atomic mass is 10.0. The van der Waals surface area contributed by atoms with Crippen molar-refractivity contribution in [3.8, 4) is 11.1 Å². The summed E-state index contributed by atoms with van der Waals surface area (Å²) in [6.45, 7) is 0.161. The van der Waals surface area contributed by atoms with Crippen molar-refractivity contribution in [2.45, 2.75) is 12.7 Å². The lowest BCUT2D eigenvalue weighted by Crippen LogP contribution is -2.25. The van der Waals surface area contributed by atoms with Crippen molar-refractivity contribution in [2.75, 3.05) is 18.0 Å². The van der Waals surface area contributed by atoms with E-state index in [2.05, 4.69) is 10.0 Å². The van der Waals surface area contributed by atoms with E-state index in [0.29, 0.717) is 16.8 Å². The molecule has 1 fully saturated rings. The highest BCUT2D eigenvalue weighted by molar-refractivity contribution is 5.90. The smallest absolute Gasteiger partial charge is 0.414 e. The van der Waals surface area contributed by atoms with Crippen LogP contribution in [0.25, 0.3) is 21.6 Å². The van der Waals surface area contributed by atoms with Gasteiger partial charge in [0.1, 0.15) is 11.9 Å². The van der Waals surface area contributed by atoms with Crippen LogP contribution in [0.4, 0.5) is 14.9 Å². The van der Waals surface area contributed by atoms with Gasteiger partial charge in [-0.2, -0.15) is 0 Å². The first kappa shape index (κ1) is 16.8. The summed E-state index contributed by atoms with van der Waals surface area (Å²) >= 11 is 0. The summed E-state index contributed by atoms with van der Waals surface area (Å²) in [4.78, 5) is 15.8. The number of hydrogen-bond donors (Lipinski definition) is 1. The monoisotopic (exact) mass is 342 g/mol. The highest BCUT2D eigenvalue weighted by atomic mass is 19.1. The quantitative estimate of drug-likeness (QED) is 0.510. The first-order chi connectivity index (χ1) is 12.1. The number of carbonyl (C=O) groups excluding carboxylic acids is 1. The molecule has 1 aliphatic heterocycles. The number of halogens is 1. The molecule has 2 aromatic carbocycles. The van der Waals surface area contributed by atoms with Crippen molar-refractivity contribution in [2.24, 2.45) is 5.11 Å². The van der Waals surface area contributed by atoms with Gasteiger partial charge in [-0.1, -0.05) is 29.4 Å². The summed E-state index contributed by atoms with van der Waals surface area (Å²) < 4.78 is 19.6. The molecule has 1 saturated heterocycles. The third-order valence-electron chi connectivity index (χ3n) is 3.93. The maximum Gasteiger partial charge on any atom is 0.414 e. The third kappa shape index (κ3) is 3.55. The zero-order chi connectivity index (χ0) is 17.8. The molecule has 0 bridgehead atoms. The number of aliphatic hydroxyl groups is 1. The summed E-state index contributed by atoms with van der Waals surface area (Å²) in [5, 5.41) is 12.4. The van der Waals surface area contributed by atoms with Gasteiger partial charge in [0.15, 0.2) is 0 Å². The van der Waals surface area contributed by atoms with Gasteiger partial charge in [0.25, 0.3) is 0 Å². The Kier molecular flexibility index (Phi) is 4.83. The summed E-state index contributed by atoms with van der Waals surface area (Å²) in [5.41, 5.74) is 10.5. The van der Waals surface area contributed by atoms with Crippen LogP contribution in [0.5, 0.6) is 0 Å². The number of hydrogen-bond acceptors (Lipinski definition) is 4. The number of rotatable bonds is 5. The van der Waals surface area contributed by atoms with E-state index in [9.17, 15) is 9.18 Å². The Morgan fingerprint density at radius 3 is 2.72 bits per heavy atom. The Balaban J connectivity index is 1.82. The first-order valence-corrected chi connectivity index (χ1v) is 7.61. The zero-order valence-electron chi connectivity index (χ0n) is 13.2. The van der Waals surface area contributed by atoms with E-state index < -0.39 is 18.0 Å². The second-order valence-corrected chi connectivity index (χ2v) is 5.55. The topological polar surface area (TPSA) is 98.5 Å². The molecule has 0 unspecified atom stereocenters. The largest absolute Gasteiger partial charge is 0.444 e. The van der Waals surface area contributed by atoms with E-state index in [1.165, 1.54) is 11.0 Å². The van der Waals surface area contributed by atoms with E-state index in [0.717, 1.165) is 5.56 Å². The van der Waals surface area contributed by atoms with Gasteiger partial charge < -0.3 is 9.84 Å². The number of nitrogens with zero attached hydrogens (tertiary/aromatic N) is 4. The van der Waals surface area contributed by atoms with E-state index in [1.807, 2.05) is 0 Å².